The molecule has 0 fully saturated rings. The van der Waals surface area contributed by atoms with Gasteiger partial charge in [0.2, 0.25) is 5.91 Å². The summed E-state index contributed by atoms with van der Waals surface area (Å²) in [5.41, 5.74) is 1.99. The van der Waals surface area contributed by atoms with Crippen LogP contribution in [0.25, 0.3) is 11.3 Å². The highest BCUT2D eigenvalue weighted by molar-refractivity contribution is 5.79. The molecule has 3 rings (SSSR count). The van der Waals surface area contributed by atoms with Gasteiger partial charge in [-0.15, -0.1) is 0 Å². The number of benzene rings is 1. The van der Waals surface area contributed by atoms with Gasteiger partial charge in [0.05, 0.1) is 12.2 Å². The predicted molar refractivity (Wildman–Crippen MR) is 105 cm³/mol. The van der Waals surface area contributed by atoms with E-state index in [-0.39, 0.29) is 30.1 Å². The van der Waals surface area contributed by atoms with Crippen LogP contribution < -0.4 is 16.4 Å². The van der Waals surface area contributed by atoms with Gasteiger partial charge in [0.15, 0.2) is 0 Å². The SMILES string of the molecule is Cc1ccc(-c2ccc(=O)n(C(C)C(=O)NCCn3ncccc3=O)n2)cc1. The highest BCUT2D eigenvalue weighted by Gasteiger charge is 2.17. The maximum atomic E-state index is 12.4. The van der Waals surface area contributed by atoms with Gasteiger partial charge >= 0.3 is 0 Å². The highest BCUT2D eigenvalue weighted by Crippen LogP contribution is 2.16. The van der Waals surface area contributed by atoms with E-state index in [9.17, 15) is 14.4 Å². The fraction of sp³-hybridized carbons (Fsp3) is 0.250. The van der Waals surface area contributed by atoms with Crippen LogP contribution in [0.4, 0.5) is 0 Å². The van der Waals surface area contributed by atoms with Gasteiger partial charge in [-0.2, -0.15) is 10.2 Å². The monoisotopic (exact) mass is 379 g/mol. The number of hydrogen-bond acceptors (Lipinski definition) is 5. The number of carbonyl (C=O) groups is 1. The average Bonchev–Trinajstić information content (AvgIpc) is 2.70. The quantitative estimate of drug-likeness (QED) is 0.693. The molecule has 8 nitrogen and oxygen atoms in total. The molecule has 1 aromatic carbocycles. The molecule has 1 unspecified atom stereocenters. The minimum Gasteiger partial charge on any atom is -0.352 e. The van der Waals surface area contributed by atoms with Crippen LogP contribution in [-0.4, -0.2) is 32.0 Å². The number of nitrogens with one attached hydrogen (secondary N) is 1. The lowest BCUT2D eigenvalue weighted by Gasteiger charge is -2.15. The first-order valence-electron chi connectivity index (χ1n) is 8.92. The standard InChI is InChI=1S/C20H21N5O3/c1-14-5-7-16(8-6-14)17-9-10-19(27)25(23-17)15(2)20(28)21-12-13-24-18(26)4-3-11-22-24/h3-11,15H,12-13H2,1-2H3,(H,21,28). The second-order valence-corrected chi connectivity index (χ2v) is 6.42. The minimum absolute atomic E-state index is 0.215. The number of amides is 1. The molecule has 28 heavy (non-hydrogen) atoms. The van der Waals surface area contributed by atoms with E-state index in [1.54, 1.807) is 19.1 Å². The van der Waals surface area contributed by atoms with Crippen molar-refractivity contribution in [3.8, 4) is 11.3 Å². The van der Waals surface area contributed by atoms with Crippen molar-refractivity contribution < 1.29 is 4.79 Å². The zero-order valence-electron chi connectivity index (χ0n) is 15.7. The second kappa shape index (κ2) is 8.43. The second-order valence-electron chi connectivity index (χ2n) is 6.42. The van der Waals surface area contributed by atoms with E-state index >= 15 is 0 Å². The lowest BCUT2D eigenvalue weighted by molar-refractivity contribution is -0.124. The van der Waals surface area contributed by atoms with Crippen LogP contribution in [0.1, 0.15) is 18.5 Å². The van der Waals surface area contributed by atoms with Crippen molar-refractivity contribution in [2.75, 3.05) is 6.54 Å². The Balaban J connectivity index is 1.71. The van der Waals surface area contributed by atoms with E-state index in [1.807, 2.05) is 31.2 Å². The fourth-order valence-corrected chi connectivity index (χ4v) is 2.68. The van der Waals surface area contributed by atoms with E-state index in [1.165, 1.54) is 23.0 Å². The predicted octanol–water partition coefficient (Wildman–Crippen LogP) is 1.15. The molecule has 0 aliphatic heterocycles. The van der Waals surface area contributed by atoms with Crippen molar-refractivity contribution in [3.63, 3.8) is 0 Å². The Kier molecular flexibility index (Phi) is 5.78. The molecule has 0 saturated carbocycles. The van der Waals surface area contributed by atoms with Gasteiger partial charge in [-0.25, -0.2) is 9.36 Å². The lowest BCUT2D eigenvalue weighted by atomic mass is 10.1. The van der Waals surface area contributed by atoms with Crippen molar-refractivity contribution in [2.24, 2.45) is 0 Å². The molecule has 0 saturated heterocycles. The van der Waals surface area contributed by atoms with Gasteiger partial charge < -0.3 is 5.32 Å². The minimum atomic E-state index is -0.793. The third-order valence-corrected chi connectivity index (χ3v) is 4.33. The molecule has 0 aliphatic carbocycles. The Hall–Kier alpha value is -3.55. The maximum Gasteiger partial charge on any atom is 0.267 e. The number of carbonyl (C=O) groups excluding carboxylic acids is 1. The number of nitrogens with zero attached hydrogens (tertiary/aromatic N) is 4. The van der Waals surface area contributed by atoms with Crippen LogP contribution in [0.3, 0.4) is 0 Å². The van der Waals surface area contributed by atoms with Crippen LogP contribution >= 0.6 is 0 Å². The normalized spacial score (nSPS) is 11.8. The Labute approximate surface area is 161 Å². The molecule has 3 aromatic rings. The number of hydrogen-bond donors (Lipinski definition) is 1. The highest BCUT2D eigenvalue weighted by atomic mass is 16.2. The third-order valence-electron chi connectivity index (χ3n) is 4.33. The number of aryl methyl sites for hydroxylation is 1. The summed E-state index contributed by atoms with van der Waals surface area (Å²) in [6.07, 6.45) is 1.51. The summed E-state index contributed by atoms with van der Waals surface area (Å²) in [7, 11) is 0. The zero-order chi connectivity index (χ0) is 20.1. The summed E-state index contributed by atoms with van der Waals surface area (Å²) < 4.78 is 2.42. The number of rotatable bonds is 6. The maximum absolute atomic E-state index is 12.4. The smallest absolute Gasteiger partial charge is 0.267 e. The molecule has 0 spiro atoms. The first kappa shape index (κ1) is 19.2. The van der Waals surface area contributed by atoms with E-state index < -0.39 is 6.04 Å². The zero-order valence-corrected chi connectivity index (χ0v) is 15.7. The van der Waals surface area contributed by atoms with E-state index in [2.05, 4.69) is 15.5 Å². The van der Waals surface area contributed by atoms with Gasteiger partial charge in [-0.05, 0) is 26.0 Å². The van der Waals surface area contributed by atoms with E-state index in [0.717, 1.165) is 15.8 Å². The van der Waals surface area contributed by atoms with Crippen molar-refractivity contribution in [2.45, 2.75) is 26.4 Å². The van der Waals surface area contributed by atoms with Crippen LogP contribution in [0.15, 0.2) is 64.3 Å². The van der Waals surface area contributed by atoms with Crippen LogP contribution in [0, 0.1) is 6.92 Å². The van der Waals surface area contributed by atoms with Crippen LogP contribution in [0.2, 0.25) is 0 Å². The summed E-state index contributed by atoms with van der Waals surface area (Å²) in [5.74, 6) is -0.361. The Morgan fingerprint density at radius 3 is 2.54 bits per heavy atom. The third kappa shape index (κ3) is 4.40. The molecular formula is C20H21N5O3. The van der Waals surface area contributed by atoms with Gasteiger partial charge in [0, 0.05) is 30.4 Å². The van der Waals surface area contributed by atoms with Crippen molar-refractivity contribution in [3.05, 3.63) is 81.0 Å². The van der Waals surface area contributed by atoms with Crippen LogP contribution in [-0.2, 0) is 11.3 Å². The van der Waals surface area contributed by atoms with Gasteiger partial charge in [0.1, 0.15) is 6.04 Å². The molecule has 0 bridgehead atoms. The molecule has 8 heteroatoms. The van der Waals surface area contributed by atoms with E-state index in [0.29, 0.717) is 5.69 Å². The fourth-order valence-electron chi connectivity index (χ4n) is 2.68. The van der Waals surface area contributed by atoms with Gasteiger partial charge in [-0.3, -0.25) is 14.4 Å². The van der Waals surface area contributed by atoms with Crippen molar-refractivity contribution in [1.82, 2.24) is 24.9 Å². The first-order chi connectivity index (χ1) is 13.5. The summed E-state index contributed by atoms with van der Waals surface area (Å²) >= 11 is 0. The Morgan fingerprint density at radius 2 is 1.82 bits per heavy atom. The summed E-state index contributed by atoms with van der Waals surface area (Å²) in [6.45, 7) is 4.05. The molecule has 0 aliphatic rings. The molecule has 144 valence electrons. The molecule has 2 aromatic heterocycles. The topological polar surface area (TPSA) is 98.9 Å². The summed E-state index contributed by atoms with van der Waals surface area (Å²) in [4.78, 5) is 36.3. The largest absolute Gasteiger partial charge is 0.352 e. The Morgan fingerprint density at radius 1 is 1.07 bits per heavy atom. The van der Waals surface area contributed by atoms with Gasteiger partial charge in [0.25, 0.3) is 11.1 Å². The van der Waals surface area contributed by atoms with Crippen molar-refractivity contribution >= 4 is 5.91 Å². The van der Waals surface area contributed by atoms with Crippen LogP contribution in [0.5, 0.6) is 0 Å². The molecule has 1 amide bonds. The summed E-state index contributed by atoms with van der Waals surface area (Å²) in [6, 6.07) is 13.0. The van der Waals surface area contributed by atoms with Crippen molar-refractivity contribution in [1.29, 1.82) is 0 Å². The lowest BCUT2D eigenvalue weighted by Crippen LogP contribution is -2.39. The molecule has 0 radical (unpaired) electrons. The molecule has 2 heterocycles. The van der Waals surface area contributed by atoms with Gasteiger partial charge in [-0.1, -0.05) is 29.8 Å². The Bertz CT molecular complexity index is 1090. The molecule has 1 atom stereocenters. The summed E-state index contributed by atoms with van der Waals surface area (Å²) in [5, 5.41) is 11.0. The molecule has 1 N–H and O–H groups in total. The van der Waals surface area contributed by atoms with E-state index in [4.69, 9.17) is 0 Å². The first-order valence-corrected chi connectivity index (χ1v) is 8.92. The average molecular weight is 379 g/mol. The number of aromatic nitrogens is 4. The molecular weight excluding hydrogens is 358 g/mol.